The van der Waals surface area contributed by atoms with Gasteiger partial charge in [-0.1, -0.05) is 17.3 Å². The van der Waals surface area contributed by atoms with Crippen LogP contribution in [-0.4, -0.2) is 23.5 Å². The molecule has 5 rings (SSSR count). The molecular formula is C23H17N3O5. The number of para-hydroxylation sites is 2. The maximum atomic E-state index is 13.2. The lowest BCUT2D eigenvalue weighted by atomic mass is 10.1. The summed E-state index contributed by atoms with van der Waals surface area (Å²) in [6, 6.07) is 17.2. The molecular weight excluding hydrogens is 398 g/mol. The molecule has 8 nitrogen and oxygen atoms in total. The number of ether oxygens (including phenoxy) is 1. The van der Waals surface area contributed by atoms with E-state index in [2.05, 4.69) is 10.5 Å². The number of aromatic nitrogens is 1. The number of hydrogen-bond donors (Lipinski definition) is 1. The minimum atomic E-state index is -0.473. The standard InChI is InChI=1S/C23H17N3O5/c1-2-26-17-6-3-4-7-19(17)30-18-10-9-14(12-15(18)23(26)28)24-22(27)16-13-21(31-25-16)20-8-5-11-29-20/h3-13H,2H2,1H3,(H,24,27). The third-order valence-corrected chi connectivity index (χ3v) is 4.91. The molecule has 0 radical (unpaired) electrons. The second kappa shape index (κ2) is 7.49. The van der Waals surface area contributed by atoms with Crippen molar-refractivity contribution >= 4 is 23.2 Å². The number of furan rings is 1. The van der Waals surface area contributed by atoms with Gasteiger partial charge in [0, 0.05) is 18.3 Å². The van der Waals surface area contributed by atoms with E-state index in [9.17, 15) is 9.59 Å². The third-order valence-electron chi connectivity index (χ3n) is 4.91. The molecule has 2 amide bonds. The minimum absolute atomic E-state index is 0.0894. The van der Waals surface area contributed by atoms with E-state index in [1.807, 2.05) is 31.2 Å². The number of anilines is 2. The second-order valence-corrected chi connectivity index (χ2v) is 6.84. The Morgan fingerprint density at radius 1 is 1.03 bits per heavy atom. The first-order valence-electron chi connectivity index (χ1n) is 9.69. The number of carbonyl (C=O) groups excluding carboxylic acids is 2. The molecule has 3 heterocycles. The normalized spacial score (nSPS) is 12.5. The summed E-state index contributed by atoms with van der Waals surface area (Å²) in [6.45, 7) is 2.37. The Labute approximate surface area is 177 Å². The van der Waals surface area contributed by atoms with Gasteiger partial charge in [-0.15, -0.1) is 0 Å². The van der Waals surface area contributed by atoms with Crippen molar-refractivity contribution in [1.29, 1.82) is 0 Å². The minimum Gasteiger partial charge on any atom is -0.461 e. The summed E-state index contributed by atoms with van der Waals surface area (Å²) in [5.74, 6) is 1.16. The summed E-state index contributed by atoms with van der Waals surface area (Å²) < 4.78 is 16.4. The Morgan fingerprint density at radius 2 is 1.90 bits per heavy atom. The fourth-order valence-corrected chi connectivity index (χ4v) is 3.43. The topological polar surface area (TPSA) is 97.8 Å². The van der Waals surface area contributed by atoms with Crippen molar-refractivity contribution in [2.75, 3.05) is 16.8 Å². The van der Waals surface area contributed by atoms with Crippen LogP contribution in [0.1, 0.15) is 27.8 Å². The Bertz CT molecular complexity index is 1280. The molecule has 0 saturated carbocycles. The Hall–Kier alpha value is -4.33. The van der Waals surface area contributed by atoms with Crippen LogP contribution >= 0.6 is 0 Å². The molecule has 1 aliphatic heterocycles. The number of rotatable bonds is 4. The number of nitrogens with one attached hydrogen (secondary N) is 1. The van der Waals surface area contributed by atoms with Gasteiger partial charge in [-0.3, -0.25) is 9.59 Å². The van der Waals surface area contributed by atoms with E-state index in [1.54, 1.807) is 35.2 Å². The molecule has 0 aliphatic carbocycles. The van der Waals surface area contributed by atoms with E-state index < -0.39 is 5.91 Å². The highest BCUT2D eigenvalue weighted by Gasteiger charge is 2.27. The predicted octanol–water partition coefficient (Wildman–Crippen LogP) is 4.96. The highest BCUT2D eigenvalue weighted by atomic mass is 16.5. The van der Waals surface area contributed by atoms with Crippen LogP contribution in [0.15, 0.2) is 75.9 Å². The first-order valence-corrected chi connectivity index (χ1v) is 9.69. The van der Waals surface area contributed by atoms with Crippen molar-refractivity contribution in [1.82, 2.24) is 5.16 Å². The lowest BCUT2D eigenvalue weighted by molar-refractivity contribution is 0.0985. The average Bonchev–Trinajstić information content (AvgIpc) is 3.46. The van der Waals surface area contributed by atoms with E-state index in [-0.39, 0.29) is 11.6 Å². The summed E-state index contributed by atoms with van der Waals surface area (Å²) in [4.78, 5) is 27.4. The van der Waals surface area contributed by atoms with Gasteiger partial charge in [0.1, 0.15) is 5.75 Å². The van der Waals surface area contributed by atoms with Gasteiger partial charge in [0.05, 0.1) is 17.5 Å². The highest BCUT2D eigenvalue weighted by Crippen LogP contribution is 2.39. The van der Waals surface area contributed by atoms with Crippen LogP contribution in [0, 0.1) is 0 Å². The van der Waals surface area contributed by atoms with Crippen molar-refractivity contribution < 1.29 is 23.3 Å². The first-order chi connectivity index (χ1) is 15.1. The van der Waals surface area contributed by atoms with E-state index in [0.717, 1.165) is 0 Å². The van der Waals surface area contributed by atoms with Crippen LogP contribution < -0.4 is 15.0 Å². The van der Waals surface area contributed by atoms with E-state index in [0.29, 0.717) is 46.5 Å². The smallest absolute Gasteiger partial charge is 0.277 e. The molecule has 2 aromatic carbocycles. The zero-order chi connectivity index (χ0) is 21.4. The van der Waals surface area contributed by atoms with Crippen LogP contribution in [-0.2, 0) is 0 Å². The number of fused-ring (bicyclic) bond motifs is 2. The van der Waals surface area contributed by atoms with E-state index >= 15 is 0 Å². The number of hydrogen-bond acceptors (Lipinski definition) is 6. The average molecular weight is 415 g/mol. The fourth-order valence-electron chi connectivity index (χ4n) is 3.43. The molecule has 8 heteroatoms. The SMILES string of the molecule is CCN1C(=O)c2cc(NC(=O)c3cc(-c4ccco4)on3)ccc2Oc2ccccc21. The van der Waals surface area contributed by atoms with E-state index in [1.165, 1.54) is 12.3 Å². The lowest BCUT2D eigenvalue weighted by Crippen LogP contribution is -2.29. The van der Waals surface area contributed by atoms with Gasteiger partial charge in [-0.05, 0) is 49.4 Å². The van der Waals surface area contributed by atoms with Gasteiger partial charge in [0.25, 0.3) is 11.8 Å². The second-order valence-electron chi connectivity index (χ2n) is 6.84. The first kappa shape index (κ1) is 18.7. The molecule has 1 aliphatic rings. The predicted molar refractivity (Wildman–Crippen MR) is 112 cm³/mol. The largest absolute Gasteiger partial charge is 0.461 e. The Morgan fingerprint density at radius 3 is 2.71 bits per heavy atom. The molecule has 0 atom stereocenters. The zero-order valence-electron chi connectivity index (χ0n) is 16.5. The molecule has 2 aromatic heterocycles. The number of amides is 2. The molecule has 1 N–H and O–H groups in total. The highest BCUT2D eigenvalue weighted by molar-refractivity contribution is 6.11. The summed E-state index contributed by atoms with van der Waals surface area (Å²) >= 11 is 0. The molecule has 0 spiro atoms. The summed E-state index contributed by atoms with van der Waals surface area (Å²) in [6.07, 6.45) is 1.50. The van der Waals surface area contributed by atoms with Gasteiger partial charge in [-0.2, -0.15) is 0 Å². The molecule has 154 valence electrons. The van der Waals surface area contributed by atoms with Crippen LogP contribution in [0.3, 0.4) is 0 Å². The molecule has 0 saturated heterocycles. The zero-order valence-corrected chi connectivity index (χ0v) is 16.5. The van der Waals surface area contributed by atoms with Crippen molar-refractivity contribution in [3.63, 3.8) is 0 Å². The van der Waals surface area contributed by atoms with Crippen LogP contribution in [0.25, 0.3) is 11.5 Å². The maximum Gasteiger partial charge on any atom is 0.277 e. The van der Waals surface area contributed by atoms with Crippen LogP contribution in [0.4, 0.5) is 11.4 Å². The maximum absolute atomic E-state index is 13.2. The van der Waals surface area contributed by atoms with Gasteiger partial charge >= 0.3 is 0 Å². The van der Waals surface area contributed by atoms with Crippen molar-refractivity contribution in [3.05, 3.63) is 78.2 Å². The fraction of sp³-hybridized carbons (Fsp3) is 0.0870. The number of benzene rings is 2. The molecule has 4 aromatic rings. The Kier molecular flexibility index (Phi) is 4.51. The van der Waals surface area contributed by atoms with E-state index in [4.69, 9.17) is 13.7 Å². The van der Waals surface area contributed by atoms with Crippen LogP contribution in [0.2, 0.25) is 0 Å². The summed E-state index contributed by atoms with van der Waals surface area (Å²) in [5, 5.41) is 6.53. The van der Waals surface area contributed by atoms with Gasteiger partial charge < -0.3 is 23.9 Å². The van der Waals surface area contributed by atoms with Gasteiger partial charge in [0.2, 0.25) is 5.76 Å². The van der Waals surface area contributed by atoms with Crippen LogP contribution in [0.5, 0.6) is 11.5 Å². The quantitative estimate of drug-likeness (QED) is 0.506. The number of nitrogens with zero attached hydrogens (tertiary/aromatic N) is 2. The van der Waals surface area contributed by atoms with Crippen molar-refractivity contribution in [2.24, 2.45) is 0 Å². The van der Waals surface area contributed by atoms with Crippen molar-refractivity contribution in [3.8, 4) is 23.0 Å². The molecule has 0 fully saturated rings. The van der Waals surface area contributed by atoms with Gasteiger partial charge in [0.15, 0.2) is 17.2 Å². The monoisotopic (exact) mass is 415 g/mol. The molecule has 0 bridgehead atoms. The lowest BCUT2D eigenvalue weighted by Gasteiger charge is -2.19. The number of carbonyl (C=O) groups is 2. The molecule has 0 unspecified atom stereocenters. The summed E-state index contributed by atoms with van der Waals surface area (Å²) in [5.41, 5.74) is 1.58. The molecule has 31 heavy (non-hydrogen) atoms. The van der Waals surface area contributed by atoms with Crippen molar-refractivity contribution in [2.45, 2.75) is 6.92 Å². The van der Waals surface area contributed by atoms with Gasteiger partial charge in [-0.25, -0.2) is 0 Å². The summed E-state index contributed by atoms with van der Waals surface area (Å²) in [7, 11) is 0. The Balaban J connectivity index is 1.42. The third kappa shape index (κ3) is 3.33.